The van der Waals surface area contributed by atoms with Crippen molar-refractivity contribution in [2.24, 2.45) is 10.8 Å². The van der Waals surface area contributed by atoms with E-state index < -0.39 is 12.3 Å². The van der Waals surface area contributed by atoms with Crippen LogP contribution in [0.2, 0.25) is 0 Å². The van der Waals surface area contributed by atoms with E-state index in [1.165, 1.54) is 0 Å². The second-order valence-electron chi connectivity index (χ2n) is 7.16. The van der Waals surface area contributed by atoms with Gasteiger partial charge in [0.05, 0.1) is 6.61 Å². The highest BCUT2D eigenvalue weighted by Crippen LogP contribution is 2.45. The van der Waals surface area contributed by atoms with Crippen molar-refractivity contribution in [3.63, 3.8) is 0 Å². The van der Waals surface area contributed by atoms with Gasteiger partial charge < -0.3 is 15.4 Å². The average molecular weight is 302 g/mol. The number of ether oxygens (including phenoxy) is 1. The van der Waals surface area contributed by atoms with Gasteiger partial charge in [-0.15, -0.1) is 4.39 Å². The van der Waals surface area contributed by atoms with Gasteiger partial charge in [0.25, 0.3) is 0 Å². The molecule has 2 unspecified atom stereocenters. The Labute approximate surface area is 126 Å². The van der Waals surface area contributed by atoms with Gasteiger partial charge in [0.15, 0.2) is 0 Å². The van der Waals surface area contributed by atoms with Crippen LogP contribution in [0.15, 0.2) is 0 Å². The van der Waals surface area contributed by atoms with E-state index in [2.05, 4.69) is 24.5 Å². The maximum absolute atomic E-state index is 12.6. The SMILES string of the molecule is CCCOC(=O)NCC1(C)CC(NC(=O)F)CC(C)(C)C1. The number of carbonyl (C=O) groups is 2. The summed E-state index contributed by atoms with van der Waals surface area (Å²) in [7, 11) is 0. The largest absolute Gasteiger partial charge is 0.450 e. The van der Waals surface area contributed by atoms with Crippen molar-refractivity contribution >= 4 is 12.3 Å². The van der Waals surface area contributed by atoms with E-state index in [1.54, 1.807) is 0 Å². The molecular weight excluding hydrogens is 275 g/mol. The number of carbonyl (C=O) groups excluding carboxylic acids is 2. The summed E-state index contributed by atoms with van der Waals surface area (Å²) < 4.78 is 17.6. The monoisotopic (exact) mass is 302 g/mol. The molecule has 1 aliphatic rings. The maximum atomic E-state index is 12.6. The fourth-order valence-electron chi connectivity index (χ4n) is 3.56. The third kappa shape index (κ3) is 6.31. The first kappa shape index (κ1) is 17.7. The molecule has 0 aromatic carbocycles. The zero-order valence-electron chi connectivity index (χ0n) is 13.4. The molecule has 1 saturated carbocycles. The number of alkyl carbamates (subject to hydrolysis) is 1. The molecule has 0 spiro atoms. The van der Waals surface area contributed by atoms with Crippen molar-refractivity contribution in [3.05, 3.63) is 0 Å². The molecule has 2 atom stereocenters. The van der Waals surface area contributed by atoms with Crippen LogP contribution in [-0.4, -0.2) is 31.4 Å². The molecule has 1 rings (SSSR count). The van der Waals surface area contributed by atoms with Crippen molar-refractivity contribution in [1.29, 1.82) is 0 Å². The minimum atomic E-state index is -1.49. The van der Waals surface area contributed by atoms with Crippen LogP contribution >= 0.6 is 0 Å². The van der Waals surface area contributed by atoms with Gasteiger partial charge in [0, 0.05) is 12.6 Å². The van der Waals surface area contributed by atoms with Gasteiger partial charge in [-0.2, -0.15) is 0 Å². The first-order valence-electron chi connectivity index (χ1n) is 7.52. The summed E-state index contributed by atoms with van der Waals surface area (Å²) in [5.41, 5.74) is -0.213. The van der Waals surface area contributed by atoms with Crippen LogP contribution in [0.4, 0.5) is 14.0 Å². The van der Waals surface area contributed by atoms with Crippen LogP contribution in [0.25, 0.3) is 0 Å². The zero-order chi connectivity index (χ0) is 16.1. The van der Waals surface area contributed by atoms with Crippen molar-refractivity contribution < 1.29 is 18.7 Å². The number of hydrogen-bond acceptors (Lipinski definition) is 3. The molecule has 0 aliphatic heterocycles. The normalized spacial score (nSPS) is 27.8. The fraction of sp³-hybridized carbons (Fsp3) is 0.867. The van der Waals surface area contributed by atoms with Gasteiger partial charge in [-0.3, -0.25) is 0 Å². The average Bonchev–Trinajstić information content (AvgIpc) is 2.30. The first-order valence-corrected chi connectivity index (χ1v) is 7.52. The van der Waals surface area contributed by atoms with E-state index in [0.29, 0.717) is 19.6 Å². The first-order chi connectivity index (χ1) is 9.66. The van der Waals surface area contributed by atoms with Crippen LogP contribution in [-0.2, 0) is 4.74 Å². The smallest absolute Gasteiger partial charge is 0.407 e. The standard InChI is InChI=1S/C15H27FN2O3/c1-5-6-21-13(20)17-10-15(4)8-11(18-12(16)19)7-14(2,3)9-15/h11H,5-10H2,1-4H3,(H,17,20)(H,18,19). The summed E-state index contributed by atoms with van der Waals surface area (Å²) >= 11 is 0. The summed E-state index contributed by atoms with van der Waals surface area (Å²) in [5, 5.41) is 5.14. The van der Waals surface area contributed by atoms with E-state index in [0.717, 1.165) is 19.3 Å². The molecule has 21 heavy (non-hydrogen) atoms. The molecule has 6 heteroatoms. The van der Waals surface area contributed by atoms with E-state index in [1.807, 2.05) is 13.8 Å². The van der Waals surface area contributed by atoms with Crippen molar-refractivity contribution in [1.82, 2.24) is 10.6 Å². The number of hydrogen-bond donors (Lipinski definition) is 2. The third-order valence-electron chi connectivity index (χ3n) is 3.86. The minimum absolute atomic E-state index is 0.0187. The number of rotatable bonds is 5. The van der Waals surface area contributed by atoms with Crippen LogP contribution in [0.5, 0.6) is 0 Å². The van der Waals surface area contributed by atoms with Gasteiger partial charge in [-0.05, 0) is 36.5 Å². The maximum Gasteiger partial charge on any atom is 0.407 e. The molecule has 122 valence electrons. The van der Waals surface area contributed by atoms with Crippen LogP contribution in [0.1, 0.15) is 53.4 Å². The lowest BCUT2D eigenvalue weighted by Crippen LogP contribution is -2.49. The Morgan fingerprint density at radius 3 is 2.52 bits per heavy atom. The molecule has 1 aliphatic carbocycles. The van der Waals surface area contributed by atoms with E-state index in [-0.39, 0.29) is 16.9 Å². The molecule has 0 heterocycles. The number of halogens is 1. The van der Waals surface area contributed by atoms with Crippen molar-refractivity contribution in [2.75, 3.05) is 13.2 Å². The molecule has 2 N–H and O–H groups in total. The topological polar surface area (TPSA) is 67.4 Å². The lowest BCUT2D eigenvalue weighted by molar-refractivity contribution is 0.0683. The molecular formula is C15H27FN2O3. The predicted octanol–water partition coefficient (Wildman–Crippen LogP) is 3.39. The Balaban J connectivity index is 2.60. The summed E-state index contributed by atoms with van der Waals surface area (Å²) in [6, 6.07) is -0.204. The fourth-order valence-corrected chi connectivity index (χ4v) is 3.56. The highest BCUT2D eigenvalue weighted by molar-refractivity contribution is 5.67. The molecule has 0 bridgehead atoms. The molecule has 0 aromatic rings. The van der Waals surface area contributed by atoms with E-state index in [4.69, 9.17) is 4.74 Å². The quantitative estimate of drug-likeness (QED) is 0.604. The molecule has 1 fully saturated rings. The van der Waals surface area contributed by atoms with Crippen LogP contribution in [0.3, 0.4) is 0 Å². The molecule has 0 radical (unpaired) electrons. The second kappa shape index (κ2) is 7.09. The highest BCUT2D eigenvalue weighted by Gasteiger charge is 2.41. The third-order valence-corrected chi connectivity index (χ3v) is 3.86. The Kier molecular flexibility index (Phi) is 5.98. The Hall–Kier alpha value is -1.33. The summed E-state index contributed by atoms with van der Waals surface area (Å²) in [6.07, 6.45) is 1.14. The van der Waals surface area contributed by atoms with E-state index >= 15 is 0 Å². The van der Waals surface area contributed by atoms with Gasteiger partial charge >= 0.3 is 12.3 Å². The summed E-state index contributed by atoms with van der Waals surface area (Å²) in [6.45, 7) is 9.02. The Morgan fingerprint density at radius 1 is 1.29 bits per heavy atom. The van der Waals surface area contributed by atoms with E-state index in [9.17, 15) is 14.0 Å². The minimum Gasteiger partial charge on any atom is -0.450 e. The predicted molar refractivity (Wildman–Crippen MR) is 78.8 cm³/mol. The van der Waals surface area contributed by atoms with Crippen LogP contribution in [0, 0.1) is 10.8 Å². The Morgan fingerprint density at radius 2 is 1.95 bits per heavy atom. The summed E-state index contributed by atoms with van der Waals surface area (Å²) in [5.74, 6) is 0. The van der Waals surface area contributed by atoms with Crippen molar-refractivity contribution in [3.8, 4) is 0 Å². The van der Waals surface area contributed by atoms with Gasteiger partial charge in [0.2, 0.25) is 0 Å². The molecule has 5 nitrogen and oxygen atoms in total. The lowest BCUT2D eigenvalue weighted by Gasteiger charge is -2.46. The van der Waals surface area contributed by atoms with Gasteiger partial charge in [-0.25, -0.2) is 9.59 Å². The molecule has 0 aromatic heterocycles. The number of nitrogens with one attached hydrogen (secondary N) is 2. The second-order valence-corrected chi connectivity index (χ2v) is 7.16. The lowest BCUT2D eigenvalue weighted by atomic mass is 9.62. The molecule has 0 saturated heterocycles. The van der Waals surface area contributed by atoms with Gasteiger partial charge in [-0.1, -0.05) is 27.7 Å². The zero-order valence-corrected chi connectivity index (χ0v) is 13.4. The van der Waals surface area contributed by atoms with Crippen LogP contribution < -0.4 is 10.6 Å². The van der Waals surface area contributed by atoms with Crippen molar-refractivity contribution in [2.45, 2.75) is 59.4 Å². The summed E-state index contributed by atoms with van der Waals surface area (Å²) in [4.78, 5) is 22.2. The molecule has 2 amide bonds. The van der Waals surface area contributed by atoms with Gasteiger partial charge in [0.1, 0.15) is 0 Å². The highest BCUT2D eigenvalue weighted by atomic mass is 19.1. The number of amides is 2. The Bertz CT molecular complexity index is 387.